The second kappa shape index (κ2) is 10.4. The van der Waals surface area contributed by atoms with Gasteiger partial charge in [0, 0.05) is 45.0 Å². The van der Waals surface area contributed by atoms with Crippen molar-refractivity contribution in [3.63, 3.8) is 0 Å². The number of nitrogens with two attached hydrogens (primary N) is 1. The minimum absolute atomic E-state index is 0.118. The maximum Gasteiger partial charge on any atom is 0.233 e. The van der Waals surface area contributed by atoms with Crippen LogP contribution in [-0.2, 0) is 33.5 Å². The maximum absolute atomic E-state index is 13.4. The lowest BCUT2D eigenvalue weighted by molar-refractivity contribution is -0.126. The van der Waals surface area contributed by atoms with Gasteiger partial charge in [-0.1, -0.05) is 25.1 Å². The van der Waals surface area contributed by atoms with Crippen LogP contribution >= 0.6 is 0 Å². The van der Waals surface area contributed by atoms with Crippen molar-refractivity contribution in [2.75, 3.05) is 36.2 Å². The van der Waals surface area contributed by atoms with Crippen LogP contribution < -0.4 is 16.0 Å². The van der Waals surface area contributed by atoms with Crippen molar-refractivity contribution >= 4 is 38.8 Å². The van der Waals surface area contributed by atoms with Crippen molar-refractivity contribution in [2.24, 2.45) is 19.5 Å². The number of nitrogens with zero attached hydrogens (tertiary/aromatic N) is 5. The Balaban J connectivity index is 0.000000403. The van der Waals surface area contributed by atoms with Gasteiger partial charge in [0.15, 0.2) is 5.82 Å². The molecule has 2 aliphatic heterocycles. The number of ether oxygens (including phenoxy) is 1. The third-order valence-electron chi connectivity index (χ3n) is 7.17. The number of rotatable bonds is 5. The molecule has 6 rings (SSSR count). The highest BCUT2D eigenvalue weighted by Crippen LogP contribution is 2.45. The Morgan fingerprint density at radius 2 is 1.68 bits per heavy atom. The molecule has 4 aromatic rings. The number of para-hydroxylation sites is 1. The van der Waals surface area contributed by atoms with Gasteiger partial charge in [-0.15, -0.1) is 0 Å². The molecule has 1 amide bonds. The van der Waals surface area contributed by atoms with E-state index in [2.05, 4.69) is 22.4 Å². The Bertz CT molecular complexity index is 1640. The number of carbonyl (C=O) groups is 1. The molecular formula is C28H33N7O4S. The van der Waals surface area contributed by atoms with Gasteiger partial charge in [-0.05, 0) is 42.3 Å². The van der Waals surface area contributed by atoms with E-state index in [1.165, 1.54) is 0 Å². The SMILES string of the molecule is CN1c2ccccc2S(=O)(=O)c2ccc(C(CC3(C)COC3)C(=O)Nc3ccn(C)n3)cc21.Cn1ccc(N)n1. The Morgan fingerprint density at radius 3 is 2.25 bits per heavy atom. The molecule has 11 nitrogen and oxygen atoms in total. The Kier molecular flexibility index (Phi) is 7.15. The zero-order valence-corrected chi connectivity index (χ0v) is 23.7. The highest BCUT2D eigenvalue weighted by Gasteiger charge is 2.40. The number of anilines is 4. The summed E-state index contributed by atoms with van der Waals surface area (Å²) in [7, 11) is 1.82. The topological polar surface area (TPSA) is 137 Å². The van der Waals surface area contributed by atoms with Crippen LogP contribution in [0.1, 0.15) is 24.8 Å². The third-order valence-corrected chi connectivity index (χ3v) is 9.01. The maximum atomic E-state index is 13.4. The van der Waals surface area contributed by atoms with Crippen LogP contribution in [0.3, 0.4) is 0 Å². The van der Waals surface area contributed by atoms with E-state index in [0.717, 1.165) is 5.56 Å². The molecule has 210 valence electrons. The average molecular weight is 564 g/mol. The van der Waals surface area contributed by atoms with Crippen molar-refractivity contribution in [1.82, 2.24) is 19.6 Å². The van der Waals surface area contributed by atoms with E-state index in [1.807, 2.05) is 31.1 Å². The van der Waals surface area contributed by atoms with Crippen LogP contribution in [0, 0.1) is 5.41 Å². The van der Waals surface area contributed by atoms with Crippen molar-refractivity contribution in [3.8, 4) is 0 Å². The van der Waals surface area contributed by atoms with E-state index in [4.69, 9.17) is 10.5 Å². The summed E-state index contributed by atoms with van der Waals surface area (Å²) >= 11 is 0. The van der Waals surface area contributed by atoms with Crippen molar-refractivity contribution in [2.45, 2.75) is 29.1 Å². The summed E-state index contributed by atoms with van der Waals surface area (Å²) in [5, 5.41) is 11.0. The van der Waals surface area contributed by atoms with Crippen molar-refractivity contribution in [3.05, 3.63) is 72.6 Å². The van der Waals surface area contributed by atoms with Gasteiger partial charge in [0.25, 0.3) is 0 Å². The first-order valence-electron chi connectivity index (χ1n) is 12.8. The van der Waals surface area contributed by atoms with Gasteiger partial charge in [-0.25, -0.2) is 8.42 Å². The number of sulfone groups is 1. The van der Waals surface area contributed by atoms with Crippen molar-refractivity contribution in [1.29, 1.82) is 0 Å². The fourth-order valence-corrected chi connectivity index (χ4v) is 6.69. The van der Waals surface area contributed by atoms with Crippen LogP contribution in [0.2, 0.25) is 0 Å². The zero-order valence-electron chi connectivity index (χ0n) is 22.9. The first-order chi connectivity index (χ1) is 19.0. The second-order valence-corrected chi connectivity index (χ2v) is 12.5. The number of hydrogen-bond donors (Lipinski definition) is 2. The molecule has 3 N–H and O–H groups in total. The molecule has 12 heteroatoms. The summed E-state index contributed by atoms with van der Waals surface area (Å²) in [6.07, 6.45) is 4.15. The van der Waals surface area contributed by atoms with E-state index >= 15 is 0 Å². The number of nitrogen functional groups attached to an aromatic ring is 1. The molecule has 2 aromatic carbocycles. The largest absolute Gasteiger partial charge is 0.382 e. The summed E-state index contributed by atoms with van der Waals surface area (Å²) in [4.78, 5) is 15.8. The quantitative estimate of drug-likeness (QED) is 0.377. The number of benzene rings is 2. The van der Waals surface area contributed by atoms with Crippen molar-refractivity contribution < 1.29 is 17.9 Å². The molecule has 2 aliphatic rings. The summed E-state index contributed by atoms with van der Waals surface area (Å²) in [6.45, 7) is 3.28. The molecule has 0 aliphatic carbocycles. The number of aryl methyl sites for hydroxylation is 2. The van der Waals surface area contributed by atoms with Gasteiger partial charge in [-0.3, -0.25) is 14.2 Å². The zero-order chi connectivity index (χ0) is 28.7. The molecule has 1 fully saturated rings. The highest BCUT2D eigenvalue weighted by atomic mass is 32.2. The van der Waals surface area contributed by atoms with Gasteiger partial charge >= 0.3 is 0 Å². The minimum atomic E-state index is -3.65. The number of hydrogen-bond acceptors (Lipinski definition) is 8. The lowest BCUT2D eigenvalue weighted by atomic mass is 9.76. The molecule has 40 heavy (non-hydrogen) atoms. The standard InChI is InChI=1S/C24H26N4O4S.C4H7N3/c1-24(14-32-15-24)13-17(23(29)25-22-10-11-27(2)26-22)16-8-9-21-19(12-16)28(3)18-6-4-5-7-20(18)33(21,30)31;1-7-3-2-4(5)6-7/h4-12,17H,13-15H2,1-3H3,(H,25,26,29);2-3H,1H3,(H2,5,6). The number of nitrogens with one attached hydrogen (secondary N) is 1. The molecule has 2 aromatic heterocycles. The first-order valence-corrected chi connectivity index (χ1v) is 14.3. The second-order valence-electron chi connectivity index (χ2n) is 10.6. The summed E-state index contributed by atoms with van der Waals surface area (Å²) in [5.74, 6) is 0.388. The summed E-state index contributed by atoms with van der Waals surface area (Å²) < 4.78 is 35.2. The first kappa shape index (κ1) is 27.4. The lowest BCUT2D eigenvalue weighted by Crippen LogP contribution is -2.42. The molecule has 4 heterocycles. The monoisotopic (exact) mass is 563 g/mol. The third kappa shape index (κ3) is 5.32. The molecule has 0 radical (unpaired) electrons. The Labute approximate surface area is 233 Å². The molecule has 1 saturated heterocycles. The number of fused-ring (bicyclic) bond motifs is 2. The lowest BCUT2D eigenvalue weighted by Gasteiger charge is -2.40. The highest BCUT2D eigenvalue weighted by molar-refractivity contribution is 7.92. The number of carbonyl (C=O) groups excluding carboxylic acids is 1. The molecule has 0 spiro atoms. The molecule has 1 unspecified atom stereocenters. The van der Waals surface area contributed by atoms with E-state index < -0.39 is 15.8 Å². The van der Waals surface area contributed by atoms with Gasteiger partial charge in [0.2, 0.25) is 15.7 Å². The molecule has 0 bridgehead atoms. The fraction of sp³-hybridized carbons (Fsp3) is 0.321. The van der Waals surface area contributed by atoms with Crippen LogP contribution in [0.25, 0.3) is 0 Å². The Morgan fingerprint density at radius 1 is 1.00 bits per heavy atom. The van der Waals surface area contributed by atoms with E-state index in [0.29, 0.717) is 42.6 Å². The van der Waals surface area contributed by atoms with Gasteiger partial charge in [-0.2, -0.15) is 10.2 Å². The average Bonchev–Trinajstić information content (AvgIpc) is 3.50. The Hall–Kier alpha value is -4.16. The smallest absolute Gasteiger partial charge is 0.233 e. The van der Waals surface area contributed by atoms with E-state index in [9.17, 15) is 13.2 Å². The van der Waals surface area contributed by atoms with Crippen LogP contribution in [-0.4, -0.2) is 54.1 Å². The van der Waals surface area contributed by atoms with Crippen LogP contribution in [0.15, 0.2) is 76.8 Å². The number of aromatic nitrogens is 4. The molecule has 1 atom stereocenters. The summed E-state index contributed by atoms with van der Waals surface area (Å²) in [6, 6.07) is 15.7. The predicted octanol–water partition coefficient (Wildman–Crippen LogP) is 3.49. The molecule has 0 saturated carbocycles. The van der Waals surface area contributed by atoms with Gasteiger partial charge < -0.3 is 20.7 Å². The summed E-state index contributed by atoms with van der Waals surface area (Å²) in [5.41, 5.74) is 7.08. The van der Waals surface area contributed by atoms with Crippen LogP contribution in [0.4, 0.5) is 23.0 Å². The van der Waals surface area contributed by atoms with Gasteiger partial charge in [0.05, 0.1) is 40.3 Å². The fourth-order valence-electron chi connectivity index (χ4n) is 5.00. The van der Waals surface area contributed by atoms with E-state index in [-0.39, 0.29) is 21.1 Å². The molecular weight excluding hydrogens is 530 g/mol. The van der Waals surface area contributed by atoms with Crippen LogP contribution in [0.5, 0.6) is 0 Å². The predicted molar refractivity (Wildman–Crippen MR) is 152 cm³/mol. The normalized spacial score (nSPS) is 16.9. The minimum Gasteiger partial charge on any atom is -0.382 e. The van der Waals surface area contributed by atoms with Gasteiger partial charge in [0.1, 0.15) is 5.82 Å². The van der Waals surface area contributed by atoms with E-state index in [1.54, 1.807) is 71.3 Å². The number of amides is 1.